The van der Waals surface area contributed by atoms with Gasteiger partial charge in [0.1, 0.15) is 28.7 Å². The first-order valence-electron chi connectivity index (χ1n) is 13.6. The van der Waals surface area contributed by atoms with Gasteiger partial charge in [0.15, 0.2) is 5.13 Å². The van der Waals surface area contributed by atoms with Crippen LogP contribution in [-0.4, -0.2) is 41.5 Å². The predicted molar refractivity (Wildman–Crippen MR) is 163 cm³/mol. The summed E-state index contributed by atoms with van der Waals surface area (Å²) >= 11 is 0.954. The van der Waals surface area contributed by atoms with Crippen molar-refractivity contribution in [3.05, 3.63) is 111 Å². The molecule has 0 radical (unpaired) electrons. The van der Waals surface area contributed by atoms with E-state index in [1.54, 1.807) is 62.4 Å². The minimum Gasteiger partial charge on any atom is -0.507 e. The number of hydrogen-bond acceptors (Lipinski definition) is 9. The molecular formula is C33H30N2O7S. The van der Waals surface area contributed by atoms with E-state index >= 15 is 0 Å². The summed E-state index contributed by atoms with van der Waals surface area (Å²) in [5.41, 5.74) is 3.31. The molecule has 0 saturated carbocycles. The second kappa shape index (κ2) is 12.5. The van der Waals surface area contributed by atoms with Crippen LogP contribution in [0.4, 0.5) is 5.13 Å². The zero-order chi connectivity index (χ0) is 30.7. The normalized spacial score (nSPS) is 15.9. The number of methoxy groups -OCH3 is 1. The van der Waals surface area contributed by atoms with Crippen LogP contribution >= 0.6 is 11.3 Å². The molecule has 3 aromatic carbocycles. The Balaban J connectivity index is 1.53. The smallest absolute Gasteiger partial charge is 0.350 e. The van der Waals surface area contributed by atoms with Gasteiger partial charge in [-0.15, -0.1) is 0 Å². The molecular weight excluding hydrogens is 568 g/mol. The van der Waals surface area contributed by atoms with E-state index in [4.69, 9.17) is 14.2 Å². The first-order valence-corrected chi connectivity index (χ1v) is 14.4. The maximum absolute atomic E-state index is 13.5. The van der Waals surface area contributed by atoms with Crippen molar-refractivity contribution in [1.82, 2.24) is 4.98 Å². The summed E-state index contributed by atoms with van der Waals surface area (Å²) in [6.07, 6.45) is 0. The largest absolute Gasteiger partial charge is 0.507 e. The number of aliphatic hydroxyl groups is 1. The number of esters is 1. The van der Waals surface area contributed by atoms with Crippen molar-refractivity contribution in [2.24, 2.45) is 0 Å². The van der Waals surface area contributed by atoms with Gasteiger partial charge in [0.2, 0.25) is 0 Å². The second-order valence-electron chi connectivity index (χ2n) is 9.88. The fraction of sp³-hybridized carbons (Fsp3) is 0.212. The maximum atomic E-state index is 13.5. The van der Waals surface area contributed by atoms with E-state index in [1.165, 1.54) is 12.0 Å². The van der Waals surface area contributed by atoms with Crippen molar-refractivity contribution >= 4 is 39.9 Å². The van der Waals surface area contributed by atoms with Crippen LogP contribution in [0.5, 0.6) is 11.5 Å². The third-order valence-corrected chi connectivity index (χ3v) is 8.08. The van der Waals surface area contributed by atoms with E-state index in [2.05, 4.69) is 4.98 Å². The first kappa shape index (κ1) is 29.5. The molecule has 1 amide bonds. The summed E-state index contributed by atoms with van der Waals surface area (Å²) in [7, 11) is 1.53. The molecule has 1 saturated heterocycles. The monoisotopic (exact) mass is 598 g/mol. The molecule has 1 N–H and O–H groups in total. The van der Waals surface area contributed by atoms with Crippen LogP contribution in [0.3, 0.4) is 0 Å². The van der Waals surface area contributed by atoms with Gasteiger partial charge in [0, 0.05) is 5.56 Å². The van der Waals surface area contributed by atoms with Crippen molar-refractivity contribution in [2.75, 3.05) is 18.6 Å². The number of carbonyl (C=O) groups excluding carboxylic acids is 3. The third-order valence-electron chi connectivity index (χ3n) is 6.94. The van der Waals surface area contributed by atoms with E-state index in [0.717, 1.165) is 22.5 Å². The Morgan fingerprint density at radius 3 is 2.35 bits per heavy atom. The van der Waals surface area contributed by atoms with E-state index in [0.29, 0.717) is 34.9 Å². The van der Waals surface area contributed by atoms with Gasteiger partial charge in [0.25, 0.3) is 5.78 Å². The van der Waals surface area contributed by atoms with Crippen molar-refractivity contribution in [1.29, 1.82) is 0 Å². The molecule has 1 aliphatic heterocycles. The van der Waals surface area contributed by atoms with Crippen LogP contribution in [0.2, 0.25) is 0 Å². The van der Waals surface area contributed by atoms with Gasteiger partial charge in [-0.05, 0) is 68.3 Å². The molecule has 2 heterocycles. The van der Waals surface area contributed by atoms with E-state index in [9.17, 15) is 19.5 Å². The van der Waals surface area contributed by atoms with Crippen LogP contribution in [-0.2, 0) is 20.9 Å². The molecule has 4 aromatic rings. The van der Waals surface area contributed by atoms with E-state index in [-0.39, 0.29) is 27.9 Å². The lowest BCUT2D eigenvalue weighted by atomic mass is 9.95. The SMILES string of the molecule is CCOC(=O)c1sc(N2C(=O)C(=O)/C(=C(/O)c3ccc(OCc4cccc(C)c4)cc3)C2c2ccc(OC)cc2)nc1C. The number of Topliss-reactive ketones (excluding diaryl/α,β-unsaturated/α-hetero) is 1. The Bertz CT molecular complexity index is 1710. The van der Waals surface area contributed by atoms with Gasteiger partial charge in [-0.25, -0.2) is 9.78 Å². The van der Waals surface area contributed by atoms with Crippen LogP contribution in [0.1, 0.15) is 50.6 Å². The van der Waals surface area contributed by atoms with Crippen molar-refractivity contribution < 1.29 is 33.7 Å². The molecule has 0 bridgehead atoms. The molecule has 5 rings (SSSR count). The summed E-state index contributed by atoms with van der Waals surface area (Å²) in [4.78, 5) is 45.4. The number of nitrogens with zero attached hydrogens (tertiary/aromatic N) is 2. The molecule has 0 aliphatic carbocycles. The standard InChI is InChI=1S/C33H30N2O7S/c1-5-41-32(39)30-20(3)34-33(43-30)35-27(22-9-13-24(40-4)14-10-22)26(29(37)31(35)38)28(36)23-11-15-25(16-12-23)42-18-21-8-6-7-19(2)17-21/h6-17,27,36H,5,18H2,1-4H3/b28-26+. The lowest BCUT2D eigenvalue weighted by molar-refractivity contribution is -0.132. The number of ether oxygens (including phenoxy) is 3. The number of hydrogen-bond donors (Lipinski definition) is 1. The van der Waals surface area contributed by atoms with Gasteiger partial charge < -0.3 is 19.3 Å². The van der Waals surface area contributed by atoms with Crippen molar-refractivity contribution in [2.45, 2.75) is 33.4 Å². The number of benzene rings is 3. The minimum atomic E-state index is -1.01. The predicted octanol–water partition coefficient (Wildman–Crippen LogP) is 6.15. The van der Waals surface area contributed by atoms with Crippen LogP contribution in [0.15, 0.2) is 78.4 Å². The third kappa shape index (κ3) is 6.00. The number of ketones is 1. The Labute approximate surface area is 253 Å². The minimum absolute atomic E-state index is 0.103. The molecule has 1 unspecified atom stereocenters. The van der Waals surface area contributed by atoms with Crippen molar-refractivity contribution in [3.8, 4) is 11.5 Å². The van der Waals surface area contributed by atoms with Crippen molar-refractivity contribution in [3.63, 3.8) is 0 Å². The molecule has 220 valence electrons. The van der Waals surface area contributed by atoms with Crippen LogP contribution < -0.4 is 14.4 Å². The Hall–Kier alpha value is -4.96. The van der Waals surface area contributed by atoms with Crippen LogP contribution in [0.25, 0.3) is 5.76 Å². The molecule has 1 aliphatic rings. The van der Waals surface area contributed by atoms with Crippen LogP contribution in [0, 0.1) is 13.8 Å². The number of aliphatic hydroxyl groups excluding tert-OH is 1. The lowest BCUT2D eigenvalue weighted by Gasteiger charge is -2.23. The summed E-state index contributed by atoms with van der Waals surface area (Å²) in [5.74, 6) is -1.49. The molecule has 43 heavy (non-hydrogen) atoms. The summed E-state index contributed by atoms with van der Waals surface area (Å²) in [6.45, 7) is 5.89. The average Bonchev–Trinajstić information content (AvgIpc) is 3.52. The maximum Gasteiger partial charge on any atom is 0.350 e. The Morgan fingerprint density at radius 1 is 1.00 bits per heavy atom. The highest BCUT2D eigenvalue weighted by Crippen LogP contribution is 2.44. The average molecular weight is 599 g/mol. The number of rotatable bonds is 9. The first-order chi connectivity index (χ1) is 20.7. The number of aromatic nitrogens is 1. The van der Waals surface area contributed by atoms with Gasteiger partial charge in [-0.3, -0.25) is 14.5 Å². The number of anilines is 1. The highest BCUT2D eigenvalue weighted by molar-refractivity contribution is 7.17. The van der Waals surface area contributed by atoms with E-state index in [1.807, 2.05) is 31.2 Å². The molecule has 9 nitrogen and oxygen atoms in total. The molecule has 1 atom stereocenters. The zero-order valence-corrected chi connectivity index (χ0v) is 24.9. The number of aryl methyl sites for hydroxylation is 2. The second-order valence-corrected chi connectivity index (χ2v) is 10.9. The lowest BCUT2D eigenvalue weighted by Crippen LogP contribution is -2.29. The highest BCUT2D eigenvalue weighted by atomic mass is 32.1. The van der Waals surface area contributed by atoms with Gasteiger partial charge in [-0.1, -0.05) is 53.3 Å². The topological polar surface area (TPSA) is 115 Å². The fourth-order valence-corrected chi connectivity index (χ4v) is 5.82. The summed E-state index contributed by atoms with van der Waals surface area (Å²) in [6, 6.07) is 20.5. The molecule has 1 fully saturated rings. The zero-order valence-electron chi connectivity index (χ0n) is 24.1. The van der Waals surface area contributed by atoms with E-state index < -0.39 is 23.7 Å². The Kier molecular flexibility index (Phi) is 8.58. The van der Waals surface area contributed by atoms with Gasteiger partial charge >= 0.3 is 11.9 Å². The molecule has 1 aromatic heterocycles. The highest BCUT2D eigenvalue weighted by Gasteiger charge is 2.48. The fourth-order valence-electron chi connectivity index (χ4n) is 4.84. The summed E-state index contributed by atoms with van der Waals surface area (Å²) in [5, 5.41) is 11.6. The van der Waals surface area contributed by atoms with Gasteiger partial charge in [0.05, 0.1) is 31.0 Å². The molecule has 10 heteroatoms. The Morgan fingerprint density at radius 2 is 1.70 bits per heavy atom. The number of carbonyl (C=O) groups is 3. The number of thiazole rings is 1. The summed E-state index contributed by atoms with van der Waals surface area (Å²) < 4.78 is 16.3. The molecule has 0 spiro atoms. The van der Waals surface area contributed by atoms with Gasteiger partial charge in [-0.2, -0.15) is 0 Å². The quantitative estimate of drug-likeness (QED) is 0.106. The number of amides is 1.